The molecule has 0 radical (unpaired) electrons. The number of imidazole rings is 1. The van der Waals surface area contributed by atoms with E-state index in [1.54, 1.807) is 18.2 Å². The van der Waals surface area contributed by atoms with E-state index in [1.807, 2.05) is 34.7 Å². The van der Waals surface area contributed by atoms with Crippen LogP contribution in [0.3, 0.4) is 0 Å². The third-order valence-electron chi connectivity index (χ3n) is 3.94. The number of rotatable bonds is 3. The fourth-order valence-electron chi connectivity index (χ4n) is 2.83. The van der Waals surface area contributed by atoms with Crippen LogP contribution in [0.5, 0.6) is 0 Å². The van der Waals surface area contributed by atoms with E-state index in [-0.39, 0.29) is 5.91 Å². The van der Waals surface area contributed by atoms with Gasteiger partial charge in [-0.25, -0.2) is 4.98 Å². The first-order valence-corrected chi connectivity index (χ1v) is 7.92. The number of aromatic nitrogens is 3. The highest BCUT2D eigenvalue weighted by Crippen LogP contribution is 2.24. The molecule has 4 aromatic rings. The van der Waals surface area contributed by atoms with Gasteiger partial charge in [0, 0.05) is 17.5 Å². The summed E-state index contributed by atoms with van der Waals surface area (Å²) >= 11 is 5.49. The lowest BCUT2D eigenvalue weighted by Gasteiger charge is -2.06. The Morgan fingerprint density at radius 1 is 1.33 bits per heavy atom. The van der Waals surface area contributed by atoms with Crippen molar-refractivity contribution in [1.29, 1.82) is 0 Å². The summed E-state index contributed by atoms with van der Waals surface area (Å²) in [5.41, 5.74) is 3.98. The van der Waals surface area contributed by atoms with Crippen molar-refractivity contribution in [3.05, 3.63) is 65.5 Å². The van der Waals surface area contributed by atoms with Gasteiger partial charge < -0.3 is 10.3 Å². The van der Waals surface area contributed by atoms with Crippen molar-refractivity contribution in [2.45, 2.75) is 0 Å². The largest absolute Gasteiger partial charge is 0.349 e. The van der Waals surface area contributed by atoms with Crippen LogP contribution in [-0.2, 0) is 0 Å². The number of amides is 1. The minimum Gasteiger partial charge on any atom is -0.349 e. The molecule has 2 aromatic carbocycles. The average molecular weight is 334 g/mol. The maximum absolute atomic E-state index is 12.1. The molecule has 118 valence electrons. The van der Waals surface area contributed by atoms with Crippen LogP contribution >= 0.6 is 12.2 Å². The van der Waals surface area contributed by atoms with Crippen molar-refractivity contribution in [2.75, 3.05) is 6.54 Å². The first-order chi connectivity index (χ1) is 11.7. The molecule has 0 bridgehead atoms. The Labute approximate surface area is 142 Å². The lowest BCUT2D eigenvalue weighted by Crippen LogP contribution is -2.23. The Hall–Kier alpha value is -2.99. The van der Waals surface area contributed by atoms with E-state index in [2.05, 4.69) is 16.9 Å². The van der Waals surface area contributed by atoms with Gasteiger partial charge in [0.25, 0.3) is 5.91 Å². The fraction of sp³-hybridized carbons (Fsp3) is 0.0556. The molecule has 0 unspecified atom stereocenters. The second kappa shape index (κ2) is 5.58. The summed E-state index contributed by atoms with van der Waals surface area (Å²) in [7, 11) is 0. The van der Waals surface area contributed by atoms with Crippen LogP contribution in [0.4, 0.5) is 0 Å². The van der Waals surface area contributed by atoms with E-state index < -0.39 is 0 Å². The third-order valence-corrected chi connectivity index (χ3v) is 4.22. The summed E-state index contributed by atoms with van der Waals surface area (Å²) in [5.74, 6) is -0.149. The van der Waals surface area contributed by atoms with Crippen molar-refractivity contribution in [3.8, 4) is 0 Å². The molecule has 5 nitrogen and oxygen atoms in total. The highest BCUT2D eigenvalue weighted by Gasteiger charge is 2.12. The Morgan fingerprint density at radius 2 is 2.17 bits per heavy atom. The molecule has 0 aliphatic rings. The molecule has 24 heavy (non-hydrogen) atoms. The number of fused-ring (bicyclic) bond motifs is 5. The quantitative estimate of drug-likeness (QED) is 0.444. The molecule has 0 fully saturated rings. The smallest absolute Gasteiger partial charge is 0.251 e. The Kier molecular flexibility index (Phi) is 3.39. The van der Waals surface area contributed by atoms with E-state index in [1.165, 1.54) is 0 Å². The summed E-state index contributed by atoms with van der Waals surface area (Å²) in [6.45, 7) is 4.03. The van der Waals surface area contributed by atoms with E-state index in [9.17, 15) is 4.79 Å². The number of nitrogens with one attached hydrogen (secondary N) is 2. The van der Waals surface area contributed by atoms with Gasteiger partial charge >= 0.3 is 0 Å². The van der Waals surface area contributed by atoms with Gasteiger partial charge in [-0.3, -0.25) is 9.20 Å². The topological polar surface area (TPSA) is 62.2 Å². The number of para-hydroxylation sites is 2. The van der Waals surface area contributed by atoms with Crippen LogP contribution < -0.4 is 5.32 Å². The molecule has 0 atom stereocenters. The van der Waals surface area contributed by atoms with Gasteiger partial charge in [0.1, 0.15) is 5.65 Å². The molecule has 2 N–H and O–H groups in total. The zero-order chi connectivity index (χ0) is 16.7. The van der Waals surface area contributed by atoms with Crippen molar-refractivity contribution >= 4 is 45.7 Å². The molecule has 0 spiro atoms. The van der Waals surface area contributed by atoms with Gasteiger partial charge in [-0.05, 0) is 42.5 Å². The average Bonchev–Trinajstić information content (AvgIpc) is 2.99. The fourth-order valence-corrected chi connectivity index (χ4v) is 3.13. The molecule has 4 rings (SSSR count). The first-order valence-electron chi connectivity index (χ1n) is 7.51. The standard InChI is InChI=1S/C18H14N4OS/c1-2-9-19-17(23)11-7-8-12-14(10-11)21-18(24)22-15-6-4-3-5-13(15)20-16(12)22/h2-8,10H,1,9H2,(H,19,23)(H,21,24). The third kappa shape index (κ3) is 2.19. The van der Waals surface area contributed by atoms with Crippen molar-refractivity contribution in [3.63, 3.8) is 0 Å². The SMILES string of the molecule is C=CCNC(=O)c1ccc2c(c1)[nH]c(=S)n1c3ccccc3nc21. The molecule has 0 aliphatic heterocycles. The number of aromatic amines is 1. The minimum atomic E-state index is -0.149. The lowest BCUT2D eigenvalue weighted by atomic mass is 10.1. The lowest BCUT2D eigenvalue weighted by molar-refractivity contribution is 0.0958. The minimum absolute atomic E-state index is 0.149. The number of benzene rings is 2. The summed E-state index contributed by atoms with van der Waals surface area (Å²) in [4.78, 5) is 20.0. The predicted octanol–water partition coefficient (Wildman–Crippen LogP) is 3.61. The van der Waals surface area contributed by atoms with E-state index in [0.29, 0.717) is 16.9 Å². The summed E-state index contributed by atoms with van der Waals surface area (Å²) < 4.78 is 2.47. The second-order valence-electron chi connectivity index (χ2n) is 5.45. The van der Waals surface area contributed by atoms with Crippen molar-refractivity contribution in [1.82, 2.24) is 19.7 Å². The summed E-state index contributed by atoms with van der Waals surface area (Å²) in [6.07, 6.45) is 1.64. The second-order valence-corrected chi connectivity index (χ2v) is 5.84. The molecule has 1 amide bonds. The van der Waals surface area contributed by atoms with Crippen LogP contribution in [-0.4, -0.2) is 26.8 Å². The van der Waals surface area contributed by atoms with Crippen molar-refractivity contribution in [2.24, 2.45) is 0 Å². The first kappa shape index (κ1) is 14.6. The summed E-state index contributed by atoms with van der Waals surface area (Å²) in [6, 6.07) is 13.3. The Bertz CT molecular complexity index is 1170. The zero-order valence-electron chi connectivity index (χ0n) is 12.7. The maximum atomic E-state index is 12.1. The number of carbonyl (C=O) groups excluding carboxylic acids is 1. The Balaban J connectivity index is 1.98. The van der Waals surface area contributed by atoms with E-state index in [0.717, 1.165) is 27.6 Å². The molecular weight excluding hydrogens is 320 g/mol. The van der Waals surface area contributed by atoms with E-state index in [4.69, 9.17) is 17.2 Å². The van der Waals surface area contributed by atoms with Gasteiger partial charge in [0.15, 0.2) is 4.77 Å². The highest BCUT2D eigenvalue weighted by atomic mass is 32.1. The number of nitrogens with zero attached hydrogens (tertiary/aromatic N) is 2. The van der Waals surface area contributed by atoms with Crippen LogP contribution in [0.15, 0.2) is 55.1 Å². The van der Waals surface area contributed by atoms with Crippen molar-refractivity contribution < 1.29 is 4.79 Å². The summed E-state index contributed by atoms with van der Waals surface area (Å²) in [5, 5.41) is 3.69. The zero-order valence-corrected chi connectivity index (χ0v) is 13.6. The van der Waals surface area contributed by atoms with Crippen LogP contribution in [0.2, 0.25) is 0 Å². The molecule has 0 saturated carbocycles. The molecular formula is C18H14N4OS. The molecule has 0 aliphatic carbocycles. The van der Waals surface area contributed by atoms with Gasteiger partial charge in [-0.15, -0.1) is 6.58 Å². The van der Waals surface area contributed by atoms with Gasteiger partial charge in [-0.2, -0.15) is 0 Å². The molecule has 6 heteroatoms. The highest BCUT2D eigenvalue weighted by molar-refractivity contribution is 7.71. The Morgan fingerprint density at radius 3 is 3.00 bits per heavy atom. The van der Waals surface area contributed by atoms with Crippen LogP contribution in [0.1, 0.15) is 10.4 Å². The van der Waals surface area contributed by atoms with Gasteiger partial charge in [0.05, 0.1) is 16.6 Å². The predicted molar refractivity (Wildman–Crippen MR) is 97.9 cm³/mol. The molecule has 2 aromatic heterocycles. The normalized spacial score (nSPS) is 11.2. The van der Waals surface area contributed by atoms with Gasteiger partial charge in [0.2, 0.25) is 0 Å². The number of hydrogen-bond donors (Lipinski definition) is 2. The number of H-pyrrole nitrogens is 1. The number of hydrogen-bond acceptors (Lipinski definition) is 3. The number of carbonyl (C=O) groups is 1. The van der Waals surface area contributed by atoms with Crippen LogP contribution in [0, 0.1) is 4.77 Å². The maximum Gasteiger partial charge on any atom is 0.251 e. The van der Waals surface area contributed by atoms with Crippen LogP contribution in [0.25, 0.3) is 27.6 Å². The van der Waals surface area contributed by atoms with E-state index >= 15 is 0 Å². The monoisotopic (exact) mass is 334 g/mol. The van der Waals surface area contributed by atoms with Gasteiger partial charge in [-0.1, -0.05) is 18.2 Å². The molecule has 2 heterocycles. The molecule has 0 saturated heterocycles.